The van der Waals surface area contributed by atoms with Crippen LogP contribution in [0.4, 0.5) is 0 Å². The second-order valence-electron chi connectivity index (χ2n) is 2.81. The molecule has 5 nitrogen and oxygen atoms in total. The highest BCUT2D eigenvalue weighted by Crippen LogP contribution is 2.06. The first-order valence-corrected chi connectivity index (χ1v) is 3.90. The van der Waals surface area contributed by atoms with Crippen LogP contribution in [0.25, 0.3) is 0 Å². The van der Waals surface area contributed by atoms with Gasteiger partial charge < -0.3 is 10.2 Å². The second kappa shape index (κ2) is 4.06. The number of furan rings is 1. The fraction of sp³-hybridized carbons (Fsp3) is 0.375. The lowest BCUT2D eigenvalue weighted by molar-refractivity contribution is 0.0825. The van der Waals surface area contributed by atoms with E-state index in [1.165, 1.54) is 0 Å². The maximum Gasteiger partial charge on any atom is 0.301 e. The van der Waals surface area contributed by atoms with E-state index in [-0.39, 0.29) is 11.7 Å². The molecule has 0 aromatic carbocycles. The Kier molecular flexibility index (Phi) is 3.05. The largest absolute Gasteiger partial charge is 0.455 e. The Morgan fingerprint density at radius 2 is 2.31 bits per heavy atom. The van der Waals surface area contributed by atoms with Gasteiger partial charge in [0.15, 0.2) is 5.76 Å². The van der Waals surface area contributed by atoms with Crippen LogP contribution >= 0.6 is 0 Å². The summed E-state index contributed by atoms with van der Waals surface area (Å²) in [5.41, 5.74) is 7.88. The molecule has 0 saturated heterocycles. The fourth-order valence-electron chi connectivity index (χ4n) is 0.868. The number of nitrogens with zero attached hydrogens (tertiary/aromatic N) is 1. The number of carbonyl (C=O) groups is 1. The summed E-state index contributed by atoms with van der Waals surface area (Å²) in [6.45, 7) is 0.301. The molecule has 0 fully saturated rings. The van der Waals surface area contributed by atoms with Gasteiger partial charge in [-0.1, -0.05) is 0 Å². The molecule has 72 valence electrons. The van der Waals surface area contributed by atoms with E-state index in [9.17, 15) is 4.79 Å². The molecule has 0 saturated carbocycles. The fourth-order valence-corrected chi connectivity index (χ4v) is 0.868. The zero-order valence-corrected chi connectivity index (χ0v) is 7.70. The average molecular weight is 183 g/mol. The van der Waals surface area contributed by atoms with E-state index in [0.717, 1.165) is 0 Å². The van der Waals surface area contributed by atoms with Gasteiger partial charge in [-0.25, -0.2) is 5.01 Å². The quantitative estimate of drug-likeness (QED) is 0.644. The molecule has 0 unspecified atom stereocenters. The van der Waals surface area contributed by atoms with Crippen molar-refractivity contribution >= 4 is 5.91 Å². The van der Waals surface area contributed by atoms with Crippen LogP contribution in [-0.2, 0) is 6.54 Å². The third-order valence-corrected chi connectivity index (χ3v) is 1.41. The van der Waals surface area contributed by atoms with E-state index in [0.29, 0.717) is 12.3 Å². The van der Waals surface area contributed by atoms with Crippen molar-refractivity contribution < 1.29 is 9.21 Å². The van der Waals surface area contributed by atoms with E-state index < -0.39 is 0 Å². The second-order valence-corrected chi connectivity index (χ2v) is 2.81. The molecule has 0 spiro atoms. The van der Waals surface area contributed by atoms with Gasteiger partial charge in [-0.2, -0.15) is 0 Å². The molecule has 1 amide bonds. The Morgan fingerprint density at radius 1 is 1.62 bits per heavy atom. The van der Waals surface area contributed by atoms with E-state index in [2.05, 4.69) is 5.43 Å². The Bertz CT molecular complexity index is 293. The number of amides is 1. The molecular weight excluding hydrogens is 170 g/mol. The lowest BCUT2D eigenvalue weighted by Crippen LogP contribution is -2.35. The van der Waals surface area contributed by atoms with Crippen LogP contribution in [-0.4, -0.2) is 25.0 Å². The van der Waals surface area contributed by atoms with Crippen molar-refractivity contribution in [1.29, 1.82) is 0 Å². The van der Waals surface area contributed by atoms with Gasteiger partial charge in [0, 0.05) is 14.1 Å². The molecule has 3 N–H and O–H groups in total. The van der Waals surface area contributed by atoms with Crippen LogP contribution in [0.2, 0.25) is 0 Å². The predicted octanol–water partition coefficient (Wildman–Crippen LogP) is -0.0553. The third-order valence-electron chi connectivity index (χ3n) is 1.41. The molecule has 1 heterocycles. The zero-order chi connectivity index (χ0) is 9.84. The molecule has 0 aliphatic rings. The van der Waals surface area contributed by atoms with Crippen molar-refractivity contribution in [3.63, 3.8) is 0 Å². The molecule has 0 aliphatic carbocycles. The van der Waals surface area contributed by atoms with Crippen LogP contribution in [0, 0.1) is 0 Å². The van der Waals surface area contributed by atoms with Gasteiger partial charge in [0.1, 0.15) is 5.76 Å². The minimum Gasteiger partial charge on any atom is -0.455 e. The monoisotopic (exact) mass is 183 g/mol. The molecule has 1 rings (SSSR count). The Morgan fingerprint density at radius 3 is 2.77 bits per heavy atom. The standard InChI is InChI=1S/C8H13N3O2/c1-11(2)10-8(12)7-4-3-6(5-9)13-7/h3-4H,5,9H2,1-2H3,(H,10,12). The Hall–Kier alpha value is -1.33. The highest BCUT2D eigenvalue weighted by atomic mass is 16.4. The molecule has 0 bridgehead atoms. The summed E-state index contributed by atoms with van der Waals surface area (Å²) >= 11 is 0. The van der Waals surface area contributed by atoms with E-state index in [1.807, 2.05) is 0 Å². The normalized spacial score (nSPS) is 10.5. The molecule has 0 radical (unpaired) electrons. The summed E-state index contributed by atoms with van der Waals surface area (Å²) < 4.78 is 5.13. The van der Waals surface area contributed by atoms with Gasteiger partial charge in [-0.15, -0.1) is 0 Å². The van der Waals surface area contributed by atoms with Gasteiger partial charge in [-0.3, -0.25) is 10.2 Å². The number of carbonyl (C=O) groups excluding carboxylic acids is 1. The summed E-state index contributed by atoms with van der Waals surface area (Å²) in [6.07, 6.45) is 0. The van der Waals surface area contributed by atoms with Crippen molar-refractivity contribution in [3.8, 4) is 0 Å². The van der Waals surface area contributed by atoms with Crippen LogP contribution < -0.4 is 11.2 Å². The van der Waals surface area contributed by atoms with Crippen molar-refractivity contribution in [2.45, 2.75) is 6.54 Å². The number of rotatable bonds is 3. The van der Waals surface area contributed by atoms with Crippen molar-refractivity contribution in [1.82, 2.24) is 10.4 Å². The number of hydrogen-bond acceptors (Lipinski definition) is 4. The van der Waals surface area contributed by atoms with E-state index in [4.69, 9.17) is 10.2 Å². The maximum absolute atomic E-state index is 11.3. The Labute approximate surface area is 76.5 Å². The lowest BCUT2D eigenvalue weighted by Gasteiger charge is -2.09. The maximum atomic E-state index is 11.3. The van der Waals surface area contributed by atoms with Gasteiger partial charge >= 0.3 is 5.91 Å². The van der Waals surface area contributed by atoms with E-state index >= 15 is 0 Å². The first-order chi connectivity index (χ1) is 6.13. The predicted molar refractivity (Wildman–Crippen MR) is 47.8 cm³/mol. The minimum absolute atomic E-state index is 0.272. The molecule has 1 aromatic heterocycles. The highest BCUT2D eigenvalue weighted by molar-refractivity contribution is 5.91. The van der Waals surface area contributed by atoms with Gasteiger partial charge in [0.2, 0.25) is 0 Å². The summed E-state index contributed by atoms with van der Waals surface area (Å²) in [6, 6.07) is 3.28. The summed E-state index contributed by atoms with van der Waals surface area (Å²) in [4.78, 5) is 11.3. The summed E-state index contributed by atoms with van der Waals surface area (Å²) in [5.74, 6) is 0.600. The molecule has 5 heteroatoms. The van der Waals surface area contributed by atoms with Crippen LogP contribution in [0.15, 0.2) is 16.5 Å². The van der Waals surface area contributed by atoms with Crippen molar-refractivity contribution in [2.75, 3.05) is 14.1 Å². The molecule has 0 aliphatic heterocycles. The van der Waals surface area contributed by atoms with E-state index in [1.54, 1.807) is 31.2 Å². The van der Waals surface area contributed by atoms with Crippen LogP contribution in [0.5, 0.6) is 0 Å². The SMILES string of the molecule is CN(C)NC(=O)c1ccc(CN)o1. The number of nitrogens with two attached hydrogens (primary N) is 1. The lowest BCUT2D eigenvalue weighted by atomic mass is 10.4. The third kappa shape index (κ3) is 2.57. The van der Waals surface area contributed by atoms with Gasteiger partial charge in [-0.05, 0) is 12.1 Å². The topological polar surface area (TPSA) is 71.5 Å². The summed E-state index contributed by atoms with van der Waals surface area (Å²) in [7, 11) is 3.45. The van der Waals surface area contributed by atoms with Crippen molar-refractivity contribution in [2.24, 2.45) is 5.73 Å². The first-order valence-electron chi connectivity index (χ1n) is 3.90. The van der Waals surface area contributed by atoms with Crippen LogP contribution in [0.3, 0.4) is 0 Å². The highest BCUT2D eigenvalue weighted by Gasteiger charge is 2.10. The first kappa shape index (κ1) is 9.76. The molecular formula is C8H13N3O2. The Balaban J connectivity index is 2.66. The molecule has 0 atom stereocenters. The van der Waals surface area contributed by atoms with Crippen LogP contribution in [0.1, 0.15) is 16.3 Å². The number of hydrazine groups is 1. The van der Waals surface area contributed by atoms with Gasteiger partial charge in [0.05, 0.1) is 6.54 Å². The van der Waals surface area contributed by atoms with Gasteiger partial charge in [0.25, 0.3) is 0 Å². The zero-order valence-electron chi connectivity index (χ0n) is 7.70. The summed E-state index contributed by atoms with van der Waals surface area (Å²) in [5, 5.41) is 1.55. The number of nitrogens with one attached hydrogen (secondary N) is 1. The molecule has 13 heavy (non-hydrogen) atoms. The van der Waals surface area contributed by atoms with Crippen molar-refractivity contribution in [3.05, 3.63) is 23.7 Å². The average Bonchev–Trinajstić information content (AvgIpc) is 2.50. The molecule has 1 aromatic rings. The smallest absolute Gasteiger partial charge is 0.301 e. The minimum atomic E-state index is -0.273. The number of hydrogen-bond donors (Lipinski definition) is 2.